The number of fused-ring (bicyclic) bond motifs is 3. The number of aliphatic carboxylic acids is 1. The van der Waals surface area contributed by atoms with Crippen LogP contribution in [0, 0.1) is 5.41 Å². The standard InChI is InChI=1S/C24H23F3N2O5/c1-23(21(31)32)12-29(13-23)20(30)19(10-24(25,26)27)28-22(33)34-11-18-16-8-4-2-6-14(16)15-7-3-5-9-17(15)18/h2-9,18-19H,10-13H2,1H3,(H,28,33)(H,31,32). The van der Waals surface area contributed by atoms with E-state index in [0.717, 1.165) is 27.2 Å². The predicted molar refractivity (Wildman–Crippen MR) is 115 cm³/mol. The second-order valence-corrected chi connectivity index (χ2v) is 8.90. The van der Waals surface area contributed by atoms with Gasteiger partial charge in [-0.3, -0.25) is 9.59 Å². The van der Waals surface area contributed by atoms with E-state index in [1.807, 2.05) is 53.8 Å². The lowest BCUT2D eigenvalue weighted by atomic mass is 9.81. The first-order chi connectivity index (χ1) is 16.0. The Bertz CT molecular complexity index is 1080. The third-order valence-electron chi connectivity index (χ3n) is 6.28. The van der Waals surface area contributed by atoms with E-state index in [9.17, 15) is 27.6 Å². The number of alkyl halides is 3. The lowest BCUT2D eigenvalue weighted by Crippen LogP contribution is -2.64. The number of halogens is 3. The molecule has 1 unspecified atom stereocenters. The van der Waals surface area contributed by atoms with Crippen LogP contribution in [-0.2, 0) is 14.3 Å². The van der Waals surface area contributed by atoms with Crippen molar-refractivity contribution in [3.63, 3.8) is 0 Å². The molecule has 7 nitrogen and oxygen atoms in total. The molecule has 0 aromatic heterocycles. The maximum Gasteiger partial charge on any atom is 0.407 e. The Labute approximate surface area is 193 Å². The van der Waals surface area contributed by atoms with E-state index in [4.69, 9.17) is 9.84 Å². The van der Waals surface area contributed by atoms with Gasteiger partial charge in [-0.15, -0.1) is 0 Å². The van der Waals surface area contributed by atoms with Crippen molar-refractivity contribution < 1.29 is 37.4 Å². The quantitative estimate of drug-likeness (QED) is 0.662. The summed E-state index contributed by atoms with van der Waals surface area (Å²) in [4.78, 5) is 37.2. The lowest BCUT2D eigenvalue weighted by Gasteiger charge is -2.46. The number of rotatable bonds is 6. The Morgan fingerprint density at radius 1 is 1.09 bits per heavy atom. The molecule has 2 N–H and O–H groups in total. The predicted octanol–water partition coefficient (Wildman–Crippen LogP) is 3.78. The van der Waals surface area contributed by atoms with Gasteiger partial charge in [0.1, 0.15) is 12.6 Å². The molecule has 2 aromatic rings. The molecule has 0 radical (unpaired) electrons. The van der Waals surface area contributed by atoms with Crippen LogP contribution in [0.15, 0.2) is 48.5 Å². The summed E-state index contributed by atoms with van der Waals surface area (Å²) in [6.07, 6.45) is -7.46. The molecule has 2 aromatic carbocycles. The molecule has 1 aliphatic carbocycles. The zero-order valence-electron chi connectivity index (χ0n) is 18.3. The van der Waals surface area contributed by atoms with E-state index in [-0.39, 0.29) is 25.6 Å². The number of likely N-dealkylation sites (tertiary alicyclic amines) is 1. The number of carbonyl (C=O) groups is 3. The lowest BCUT2D eigenvalue weighted by molar-refractivity contribution is -0.170. The Hall–Kier alpha value is -3.56. The van der Waals surface area contributed by atoms with Crippen LogP contribution >= 0.6 is 0 Å². The molecule has 180 valence electrons. The number of benzene rings is 2. The van der Waals surface area contributed by atoms with Gasteiger partial charge in [0.15, 0.2) is 0 Å². The molecule has 0 bridgehead atoms. The summed E-state index contributed by atoms with van der Waals surface area (Å²) in [5.74, 6) is -2.43. The molecular weight excluding hydrogens is 453 g/mol. The SMILES string of the molecule is CC1(C(=O)O)CN(C(=O)C(CC(F)(F)F)NC(=O)OCC2c3ccccc3-c3ccccc32)C1. The van der Waals surface area contributed by atoms with Crippen molar-refractivity contribution >= 4 is 18.0 Å². The molecule has 1 aliphatic heterocycles. The fraction of sp³-hybridized carbons (Fsp3) is 0.375. The maximum atomic E-state index is 13.1. The van der Waals surface area contributed by atoms with Crippen LogP contribution in [0.3, 0.4) is 0 Å². The molecule has 1 atom stereocenters. The van der Waals surface area contributed by atoms with Gasteiger partial charge in [0.05, 0.1) is 11.8 Å². The van der Waals surface area contributed by atoms with Crippen molar-refractivity contribution in [1.29, 1.82) is 0 Å². The van der Waals surface area contributed by atoms with Gasteiger partial charge in [0.25, 0.3) is 0 Å². The first kappa shape index (κ1) is 23.6. The van der Waals surface area contributed by atoms with Crippen molar-refractivity contribution in [2.75, 3.05) is 19.7 Å². The molecule has 2 amide bonds. The maximum absolute atomic E-state index is 13.1. The first-order valence-electron chi connectivity index (χ1n) is 10.7. The fourth-order valence-corrected chi connectivity index (χ4v) is 4.52. The summed E-state index contributed by atoms with van der Waals surface area (Å²) in [6.45, 7) is 0.814. The minimum Gasteiger partial charge on any atom is -0.481 e. The molecule has 10 heteroatoms. The van der Waals surface area contributed by atoms with Gasteiger partial charge in [0.2, 0.25) is 5.91 Å². The number of hydrogen-bond acceptors (Lipinski definition) is 4. The van der Waals surface area contributed by atoms with Crippen molar-refractivity contribution in [3.05, 3.63) is 59.7 Å². The summed E-state index contributed by atoms with van der Waals surface area (Å²) in [5, 5.41) is 11.2. The smallest absolute Gasteiger partial charge is 0.407 e. The van der Waals surface area contributed by atoms with E-state index >= 15 is 0 Å². The summed E-state index contributed by atoms with van der Waals surface area (Å²) in [7, 11) is 0. The summed E-state index contributed by atoms with van der Waals surface area (Å²) < 4.78 is 44.5. The number of carbonyl (C=O) groups excluding carboxylic acids is 2. The second-order valence-electron chi connectivity index (χ2n) is 8.90. The van der Waals surface area contributed by atoms with Crippen molar-refractivity contribution in [3.8, 4) is 11.1 Å². The minimum atomic E-state index is -4.72. The van der Waals surface area contributed by atoms with E-state index in [0.29, 0.717) is 0 Å². The molecule has 1 saturated heterocycles. The van der Waals surface area contributed by atoms with Crippen LogP contribution in [0.2, 0.25) is 0 Å². The number of amides is 2. The molecule has 4 rings (SSSR count). The number of alkyl carbamates (subject to hydrolysis) is 1. The largest absolute Gasteiger partial charge is 0.481 e. The average molecular weight is 476 g/mol. The van der Waals surface area contributed by atoms with Crippen molar-refractivity contribution in [2.45, 2.75) is 31.5 Å². The Morgan fingerprint density at radius 2 is 1.62 bits per heavy atom. The van der Waals surface area contributed by atoms with Gasteiger partial charge in [0, 0.05) is 19.0 Å². The highest BCUT2D eigenvalue weighted by atomic mass is 19.4. The number of carboxylic acids is 1. The number of nitrogens with one attached hydrogen (secondary N) is 1. The van der Waals surface area contributed by atoms with Gasteiger partial charge in [-0.1, -0.05) is 48.5 Å². The summed E-state index contributed by atoms with van der Waals surface area (Å²) >= 11 is 0. The highest BCUT2D eigenvalue weighted by Crippen LogP contribution is 2.44. The number of ether oxygens (including phenoxy) is 1. The normalized spacial score (nSPS) is 17.2. The van der Waals surface area contributed by atoms with E-state index in [2.05, 4.69) is 0 Å². The Kier molecular flexibility index (Phi) is 6.01. The van der Waals surface area contributed by atoms with Crippen LogP contribution in [-0.4, -0.2) is 59.9 Å². The van der Waals surface area contributed by atoms with Crippen LogP contribution in [0.4, 0.5) is 18.0 Å². The van der Waals surface area contributed by atoms with Gasteiger partial charge in [-0.2, -0.15) is 13.2 Å². The minimum absolute atomic E-state index is 0.117. The van der Waals surface area contributed by atoms with Gasteiger partial charge >= 0.3 is 18.2 Å². The number of nitrogens with zero attached hydrogens (tertiary/aromatic N) is 1. The highest BCUT2D eigenvalue weighted by molar-refractivity contribution is 5.89. The first-order valence-corrected chi connectivity index (χ1v) is 10.7. The molecule has 0 spiro atoms. The fourth-order valence-electron chi connectivity index (χ4n) is 4.52. The molecule has 2 aliphatic rings. The molecule has 0 saturated carbocycles. The highest BCUT2D eigenvalue weighted by Gasteiger charge is 2.50. The van der Waals surface area contributed by atoms with Gasteiger partial charge in [-0.05, 0) is 29.2 Å². The molecule has 34 heavy (non-hydrogen) atoms. The molecule has 1 fully saturated rings. The zero-order chi connectivity index (χ0) is 24.7. The Balaban J connectivity index is 1.43. The Morgan fingerprint density at radius 3 is 2.12 bits per heavy atom. The monoisotopic (exact) mass is 476 g/mol. The topological polar surface area (TPSA) is 95.9 Å². The van der Waals surface area contributed by atoms with Crippen LogP contribution in [0.1, 0.15) is 30.4 Å². The van der Waals surface area contributed by atoms with E-state index < -0.39 is 42.0 Å². The zero-order valence-corrected chi connectivity index (χ0v) is 18.3. The van der Waals surface area contributed by atoms with Crippen LogP contribution < -0.4 is 5.32 Å². The third-order valence-corrected chi connectivity index (χ3v) is 6.28. The third kappa shape index (κ3) is 4.57. The van der Waals surface area contributed by atoms with Crippen LogP contribution in [0.5, 0.6) is 0 Å². The molecule has 1 heterocycles. The van der Waals surface area contributed by atoms with E-state index in [1.54, 1.807) is 0 Å². The number of hydrogen-bond donors (Lipinski definition) is 2. The number of carboxylic acid groups (broad SMARTS) is 1. The summed E-state index contributed by atoms with van der Waals surface area (Å²) in [6, 6.07) is 13.3. The molecular formula is C24H23F3N2O5. The summed E-state index contributed by atoms with van der Waals surface area (Å²) in [5.41, 5.74) is 2.65. The second kappa shape index (κ2) is 8.66. The van der Waals surface area contributed by atoms with E-state index in [1.165, 1.54) is 6.92 Å². The van der Waals surface area contributed by atoms with Gasteiger partial charge in [-0.25, -0.2) is 4.79 Å². The van der Waals surface area contributed by atoms with Gasteiger partial charge < -0.3 is 20.1 Å². The van der Waals surface area contributed by atoms with Crippen molar-refractivity contribution in [1.82, 2.24) is 10.2 Å². The van der Waals surface area contributed by atoms with Crippen molar-refractivity contribution in [2.24, 2.45) is 5.41 Å². The average Bonchev–Trinajstić information content (AvgIpc) is 3.07. The van der Waals surface area contributed by atoms with Crippen LogP contribution in [0.25, 0.3) is 11.1 Å².